The fourth-order valence-electron chi connectivity index (χ4n) is 3.23. The lowest BCUT2D eigenvalue weighted by Crippen LogP contribution is -2.31. The molecule has 2 aromatic heterocycles. The molecule has 9 nitrogen and oxygen atoms in total. The van der Waals surface area contributed by atoms with Crippen LogP contribution in [0.2, 0.25) is 0 Å². The van der Waals surface area contributed by atoms with E-state index in [1.807, 2.05) is 0 Å². The quantitative estimate of drug-likeness (QED) is 0.377. The molecule has 1 amide bonds. The summed E-state index contributed by atoms with van der Waals surface area (Å²) in [5.74, 6) is -1.03. The highest BCUT2D eigenvalue weighted by Gasteiger charge is 2.40. The summed E-state index contributed by atoms with van der Waals surface area (Å²) in [6, 6.07) is 13.7. The van der Waals surface area contributed by atoms with E-state index in [1.54, 1.807) is 18.2 Å². The number of aliphatic hydroxyl groups excluding tert-OH is 2. The molecule has 0 aliphatic heterocycles. The molecule has 0 bridgehead atoms. The second kappa shape index (κ2) is 9.45. The molecular formula is C22H18F3N5O4. The van der Waals surface area contributed by atoms with Crippen LogP contribution in [-0.2, 0) is 11.0 Å². The molecule has 0 aliphatic rings. The van der Waals surface area contributed by atoms with Crippen LogP contribution in [0.15, 0.2) is 65.3 Å². The first-order valence-electron chi connectivity index (χ1n) is 10.0. The number of halogens is 3. The van der Waals surface area contributed by atoms with E-state index in [4.69, 9.17) is 9.63 Å². The van der Waals surface area contributed by atoms with Gasteiger partial charge in [0, 0.05) is 12.1 Å². The third kappa shape index (κ3) is 4.67. The van der Waals surface area contributed by atoms with Crippen molar-refractivity contribution in [2.24, 2.45) is 0 Å². The summed E-state index contributed by atoms with van der Waals surface area (Å²) in [4.78, 5) is 15.9. The van der Waals surface area contributed by atoms with Crippen LogP contribution in [0.4, 0.5) is 13.2 Å². The Bertz CT molecular complexity index is 1270. The topological polar surface area (TPSA) is 126 Å². The Hall–Kier alpha value is -4.03. The number of para-hydroxylation sites is 1. The predicted octanol–water partition coefficient (Wildman–Crippen LogP) is 2.75. The molecule has 1 atom stereocenters. The molecular weight excluding hydrogens is 455 g/mol. The van der Waals surface area contributed by atoms with E-state index in [2.05, 4.69) is 20.6 Å². The summed E-state index contributed by atoms with van der Waals surface area (Å²) in [5, 5.41) is 28.8. The van der Waals surface area contributed by atoms with Gasteiger partial charge in [-0.3, -0.25) is 4.79 Å². The summed E-state index contributed by atoms with van der Waals surface area (Å²) in [6.45, 7) is -0.266. The van der Waals surface area contributed by atoms with Gasteiger partial charge in [-0.25, -0.2) is 4.68 Å². The minimum Gasteiger partial charge on any atom is -0.395 e. The highest BCUT2D eigenvalue weighted by atomic mass is 19.4. The second-order valence-corrected chi connectivity index (χ2v) is 7.11. The van der Waals surface area contributed by atoms with Crippen LogP contribution >= 0.6 is 0 Å². The fourth-order valence-corrected chi connectivity index (χ4v) is 3.23. The fraction of sp³-hybridized carbons (Fsp3) is 0.182. The van der Waals surface area contributed by atoms with Gasteiger partial charge in [-0.05, 0) is 17.7 Å². The summed E-state index contributed by atoms with van der Waals surface area (Å²) < 4.78 is 47.5. The molecule has 0 saturated carbocycles. The smallest absolute Gasteiger partial charge is 0.395 e. The maximum absolute atomic E-state index is 13.9. The van der Waals surface area contributed by atoms with Crippen LogP contribution in [0.25, 0.3) is 28.5 Å². The molecule has 4 aromatic rings. The number of carbonyl (C=O) groups excluding carboxylic acids is 1. The molecule has 0 aliphatic carbocycles. The van der Waals surface area contributed by atoms with Crippen molar-refractivity contribution in [1.29, 1.82) is 0 Å². The average molecular weight is 473 g/mol. The van der Waals surface area contributed by atoms with E-state index in [1.165, 1.54) is 36.4 Å². The Morgan fingerprint density at radius 1 is 1.12 bits per heavy atom. The minimum absolute atomic E-state index is 0.000380. The van der Waals surface area contributed by atoms with Crippen molar-refractivity contribution in [3.05, 3.63) is 72.1 Å². The summed E-state index contributed by atoms with van der Waals surface area (Å²) in [5.41, 5.74) is -0.543. The van der Waals surface area contributed by atoms with Gasteiger partial charge in [0.2, 0.25) is 5.82 Å². The molecule has 0 saturated heterocycles. The van der Waals surface area contributed by atoms with Crippen LogP contribution in [0, 0.1) is 0 Å². The van der Waals surface area contributed by atoms with Crippen molar-refractivity contribution in [3.63, 3.8) is 0 Å². The van der Waals surface area contributed by atoms with Crippen LogP contribution < -0.4 is 5.32 Å². The number of hydrogen-bond acceptors (Lipinski definition) is 7. The molecule has 2 heterocycles. The second-order valence-electron chi connectivity index (χ2n) is 7.11. The van der Waals surface area contributed by atoms with Gasteiger partial charge in [0.25, 0.3) is 11.8 Å². The van der Waals surface area contributed by atoms with E-state index in [-0.39, 0.29) is 41.7 Å². The maximum Gasteiger partial charge on any atom is 0.434 e. The van der Waals surface area contributed by atoms with Crippen LogP contribution in [0.3, 0.4) is 0 Å². The summed E-state index contributed by atoms with van der Waals surface area (Å²) >= 11 is 0. The molecule has 176 valence electrons. The van der Waals surface area contributed by atoms with E-state index < -0.39 is 23.9 Å². The van der Waals surface area contributed by atoms with Gasteiger partial charge in [0.05, 0.1) is 24.1 Å². The number of hydrogen-bond donors (Lipinski definition) is 3. The average Bonchev–Trinajstić information content (AvgIpc) is 3.50. The third-order valence-corrected chi connectivity index (χ3v) is 4.84. The van der Waals surface area contributed by atoms with E-state index in [0.717, 1.165) is 10.9 Å². The van der Waals surface area contributed by atoms with Crippen molar-refractivity contribution in [2.45, 2.75) is 12.3 Å². The minimum atomic E-state index is -4.75. The van der Waals surface area contributed by atoms with Crippen molar-refractivity contribution in [3.8, 4) is 28.5 Å². The Labute approximate surface area is 190 Å². The number of benzene rings is 2. The third-order valence-electron chi connectivity index (χ3n) is 4.84. The Kier molecular flexibility index (Phi) is 6.43. The number of carbonyl (C=O) groups is 1. The highest BCUT2D eigenvalue weighted by molar-refractivity contribution is 5.82. The van der Waals surface area contributed by atoms with Crippen molar-refractivity contribution >= 4 is 5.91 Å². The van der Waals surface area contributed by atoms with Crippen molar-refractivity contribution in [2.75, 3.05) is 13.2 Å². The van der Waals surface area contributed by atoms with Crippen LogP contribution in [0.1, 0.15) is 17.4 Å². The standard InChI is InChI=1S/C22H18F3N5O4/c23-22(24,25)18-16(12-27-30(18)15-4-2-1-3-5-15)21-28-19(29-34-21)14-8-6-13(7-9-14)17(32)20(33)26-10-11-31/h1-9,12,17,31-32H,10-11H2,(H,26,33)/t17-/m1/s1. The lowest BCUT2D eigenvalue weighted by Gasteiger charge is -2.11. The summed E-state index contributed by atoms with van der Waals surface area (Å²) in [6.07, 6.45) is -5.19. The molecule has 0 unspecified atom stereocenters. The molecule has 0 spiro atoms. The molecule has 3 N–H and O–H groups in total. The number of aliphatic hydroxyl groups is 2. The zero-order valence-electron chi connectivity index (χ0n) is 17.4. The molecule has 2 aromatic carbocycles. The number of nitrogens with zero attached hydrogens (tertiary/aromatic N) is 4. The number of aromatic nitrogens is 4. The first kappa shape index (κ1) is 23.1. The van der Waals surface area contributed by atoms with Gasteiger partial charge in [0.1, 0.15) is 0 Å². The van der Waals surface area contributed by atoms with Crippen molar-refractivity contribution < 1.29 is 32.7 Å². The Balaban J connectivity index is 1.62. The number of amides is 1. The van der Waals surface area contributed by atoms with Gasteiger partial charge in [0.15, 0.2) is 11.8 Å². The van der Waals surface area contributed by atoms with E-state index in [0.29, 0.717) is 5.56 Å². The largest absolute Gasteiger partial charge is 0.434 e. The molecule has 0 radical (unpaired) electrons. The zero-order chi connectivity index (χ0) is 24.3. The van der Waals surface area contributed by atoms with Crippen molar-refractivity contribution in [1.82, 2.24) is 25.2 Å². The number of rotatable bonds is 7. The normalized spacial score (nSPS) is 12.5. The van der Waals surface area contributed by atoms with Crippen LogP contribution in [-0.4, -0.2) is 49.2 Å². The van der Waals surface area contributed by atoms with Crippen LogP contribution in [0.5, 0.6) is 0 Å². The van der Waals surface area contributed by atoms with E-state index in [9.17, 15) is 23.1 Å². The van der Waals surface area contributed by atoms with Gasteiger partial charge >= 0.3 is 6.18 Å². The van der Waals surface area contributed by atoms with Gasteiger partial charge < -0.3 is 20.1 Å². The SMILES string of the molecule is O=C(NCCO)[C@H](O)c1ccc(-c2noc(-c3cnn(-c4ccccc4)c3C(F)(F)F)n2)cc1. The highest BCUT2D eigenvalue weighted by Crippen LogP contribution is 2.38. The number of alkyl halides is 3. The Morgan fingerprint density at radius 3 is 2.47 bits per heavy atom. The molecule has 34 heavy (non-hydrogen) atoms. The lowest BCUT2D eigenvalue weighted by molar-refractivity contribution is -0.142. The molecule has 12 heteroatoms. The molecule has 4 rings (SSSR count). The zero-order valence-corrected chi connectivity index (χ0v) is 17.4. The summed E-state index contributed by atoms with van der Waals surface area (Å²) in [7, 11) is 0. The first-order chi connectivity index (χ1) is 16.3. The van der Waals surface area contributed by atoms with E-state index >= 15 is 0 Å². The molecule has 0 fully saturated rings. The van der Waals surface area contributed by atoms with Gasteiger partial charge in [-0.15, -0.1) is 0 Å². The lowest BCUT2D eigenvalue weighted by atomic mass is 10.1. The maximum atomic E-state index is 13.9. The monoisotopic (exact) mass is 473 g/mol. The predicted molar refractivity (Wildman–Crippen MR) is 112 cm³/mol. The Morgan fingerprint density at radius 2 is 1.82 bits per heavy atom. The van der Waals surface area contributed by atoms with Gasteiger partial charge in [-0.1, -0.05) is 47.6 Å². The number of nitrogens with one attached hydrogen (secondary N) is 1. The van der Waals surface area contributed by atoms with Gasteiger partial charge in [-0.2, -0.15) is 23.3 Å². The first-order valence-corrected chi connectivity index (χ1v) is 10.0.